The van der Waals surface area contributed by atoms with Gasteiger partial charge in [0.05, 0.1) is 17.7 Å². The minimum absolute atomic E-state index is 0.0343. The Bertz CT molecular complexity index is 1180. The van der Waals surface area contributed by atoms with Crippen LogP contribution in [-0.4, -0.2) is 20.8 Å². The van der Waals surface area contributed by atoms with Gasteiger partial charge < -0.3 is 18.9 Å². The molecule has 1 aromatic carbocycles. The van der Waals surface area contributed by atoms with Crippen LogP contribution in [0.3, 0.4) is 0 Å². The largest absolute Gasteiger partial charge is 0.486 e. The first-order chi connectivity index (χ1) is 14.9. The van der Waals surface area contributed by atoms with E-state index in [1.807, 2.05) is 0 Å². The first-order valence-electron chi connectivity index (χ1n) is 9.24. The predicted molar refractivity (Wildman–Crippen MR) is 114 cm³/mol. The van der Waals surface area contributed by atoms with Crippen molar-refractivity contribution >= 4 is 35.0 Å². The van der Waals surface area contributed by atoms with E-state index in [1.54, 1.807) is 43.3 Å². The van der Waals surface area contributed by atoms with E-state index in [0.29, 0.717) is 34.3 Å². The molecule has 0 spiro atoms. The molecule has 1 saturated heterocycles. The maximum absolute atomic E-state index is 12.6. The van der Waals surface area contributed by atoms with Gasteiger partial charge in [0.25, 0.3) is 11.6 Å². The summed E-state index contributed by atoms with van der Waals surface area (Å²) in [4.78, 5) is 24.5. The van der Waals surface area contributed by atoms with E-state index in [0.717, 1.165) is 0 Å². The van der Waals surface area contributed by atoms with Gasteiger partial charge in [-0.3, -0.25) is 19.8 Å². The van der Waals surface area contributed by atoms with Crippen LogP contribution in [0.2, 0.25) is 0 Å². The zero-order chi connectivity index (χ0) is 22.0. The molecule has 10 heteroatoms. The number of aryl methyl sites for hydroxylation is 1. The van der Waals surface area contributed by atoms with Gasteiger partial charge in [0.2, 0.25) is 0 Å². The third-order valence-corrected chi connectivity index (χ3v) is 4.89. The highest BCUT2D eigenvalue weighted by Gasteiger charge is 2.31. The zero-order valence-corrected chi connectivity index (χ0v) is 17.2. The highest BCUT2D eigenvalue weighted by molar-refractivity contribution is 7.80. The Labute approximate surface area is 182 Å². The van der Waals surface area contributed by atoms with E-state index in [1.165, 1.54) is 23.3 Å². The Morgan fingerprint density at radius 2 is 2.10 bits per heavy atom. The molecule has 3 heterocycles. The van der Waals surface area contributed by atoms with Crippen molar-refractivity contribution in [2.45, 2.75) is 20.1 Å². The molecular weight excluding hydrogens is 422 g/mol. The summed E-state index contributed by atoms with van der Waals surface area (Å²) >= 11 is 5.24. The number of carbonyl (C=O) groups is 1. The third-order valence-electron chi connectivity index (χ3n) is 4.57. The van der Waals surface area contributed by atoms with Crippen molar-refractivity contribution in [3.63, 3.8) is 0 Å². The molecule has 0 saturated carbocycles. The molecule has 0 unspecified atom stereocenters. The Kier molecular flexibility index (Phi) is 5.54. The number of benzene rings is 1. The van der Waals surface area contributed by atoms with Gasteiger partial charge in [-0.15, -0.1) is 0 Å². The number of rotatable bonds is 7. The summed E-state index contributed by atoms with van der Waals surface area (Å²) in [6, 6.07) is 11.5. The van der Waals surface area contributed by atoms with Crippen molar-refractivity contribution in [2.75, 3.05) is 0 Å². The molecular formula is C21H17N3O6S. The fraction of sp³-hybridized carbons (Fsp3) is 0.143. The van der Waals surface area contributed by atoms with Crippen LogP contribution in [0.15, 0.2) is 63.3 Å². The molecule has 0 radical (unpaired) electrons. The molecule has 2 aromatic heterocycles. The minimum Gasteiger partial charge on any atom is -0.486 e. The van der Waals surface area contributed by atoms with Gasteiger partial charge >= 0.3 is 0 Å². The summed E-state index contributed by atoms with van der Waals surface area (Å²) < 4.78 is 16.6. The summed E-state index contributed by atoms with van der Waals surface area (Å²) in [5.41, 5.74) is 0.838. The number of carbonyl (C=O) groups excluding carboxylic acids is 1. The van der Waals surface area contributed by atoms with E-state index < -0.39 is 4.92 Å². The van der Waals surface area contributed by atoms with Gasteiger partial charge in [-0.05, 0) is 55.5 Å². The molecule has 1 amide bonds. The number of hydrogen-bond donors (Lipinski definition) is 1. The van der Waals surface area contributed by atoms with Gasteiger partial charge in [-0.25, -0.2) is 0 Å². The van der Waals surface area contributed by atoms with Crippen molar-refractivity contribution < 1.29 is 23.3 Å². The Balaban J connectivity index is 1.40. The van der Waals surface area contributed by atoms with E-state index in [9.17, 15) is 14.9 Å². The van der Waals surface area contributed by atoms with E-state index in [2.05, 4.69) is 5.32 Å². The number of thiocarbonyl (C=S) groups is 1. The van der Waals surface area contributed by atoms with Gasteiger partial charge in [-0.2, -0.15) is 0 Å². The maximum Gasteiger partial charge on any atom is 0.277 e. The lowest BCUT2D eigenvalue weighted by molar-refractivity contribution is -0.385. The second-order valence-electron chi connectivity index (χ2n) is 6.76. The monoisotopic (exact) mass is 439 g/mol. The predicted octanol–water partition coefficient (Wildman–Crippen LogP) is 3.93. The molecule has 0 aliphatic carbocycles. The highest BCUT2D eigenvalue weighted by atomic mass is 32.1. The van der Waals surface area contributed by atoms with Crippen LogP contribution in [0.1, 0.15) is 22.8 Å². The third kappa shape index (κ3) is 4.48. The van der Waals surface area contributed by atoms with Crippen molar-refractivity contribution in [1.29, 1.82) is 0 Å². The second-order valence-corrected chi connectivity index (χ2v) is 7.14. The Morgan fingerprint density at radius 3 is 2.81 bits per heavy atom. The second kappa shape index (κ2) is 8.44. The van der Waals surface area contributed by atoms with Crippen molar-refractivity contribution in [3.05, 3.63) is 87.4 Å². The SMILES string of the molecule is Cc1cc(OCc2ccc(/C=C3/NC(=S)N(Cc4ccco4)C3=O)o2)ccc1[N+](=O)[O-]. The molecule has 0 bridgehead atoms. The number of nitrogens with one attached hydrogen (secondary N) is 1. The standard InChI is InChI=1S/C21H17N3O6S/c1-13-9-14(6-7-19(13)24(26)27)29-12-17-5-4-15(30-17)10-18-20(25)23(21(31)22-18)11-16-3-2-8-28-16/h2-10H,11-12H2,1H3,(H,22,31)/b18-10+. The summed E-state index contributed by atoms with van der Waals surface area (Å²) in [6.07, 6.45) is 3.10. The zero-order valence-electron chi connectivity index (χ0n) is 16.4. The topological polar surface area (TPSA) is 111 Å². The van der Waals surface area contributed by atoms with Gasteiger partial charge in [0, 0.05) is 17.7 Å². The Hall–Kier alpha value is -3.92. The normalized spacial score (nSPS) is 14.9. The lowest BCUT2D eigenvalue weighted by atomic mass is 10.2. The molecule has 0 atom stereocenters. The Morgan fingerprint density at radius 1 is 1.26 bits per heavy atom. The summed E-state index contributed by atoms with van der Waals surface area (Å²) in [5, 5.41) is 14.1. The quantitative estimate of drug-likeness (QED) is 0.255. The van der Waals surface area contributed by atoms with E-state index in [-0.39, 0.29) is 29.9 Å². The average molecular weight is 439 g/mol. The fourth-order valence-corrected chi connectivity index (χ4v) is 3.30. The number of nitro groups is 1. The number of nitro benzene ring substituents is 1. The van der Waals surface area contributed by atoms with Gasteiger partial charge in [0.1, 0.15) is 35.3 Å². The molecule has 1 aliphatic rings. The van der Waals surface area contributed by atoms with Gasteiger partial charge in [-0.1, -0.05) is 0 Å². The van der Waals surface area contributed by atoms with E-state index >= 15 is 0 Å². The highest BCUT2D eigenvalue weighted by Crippen LogP contribution is 2.24. The van der Waals surface area contributed by atoms with Crippen LogP contribution in [0.5, 0.6) is 5.75 Å². The minimum atomic E-state index is -0.439. The number of hydrogen-bond acceptors (Lipinski definition) is 7. The smallest absolute Gasteiger partial charge is 0.277 e. The maximum atomic E-state index is 12.6. The van der Waals surface area contributed by atoms with Crippen molar-refractivity contribution in [3.8, 4) is 5.75 Å². The first-order valence-corrected chi connectivity index (χ1v) is 9.65. The first kappa shape index (κ1) is 20.4. The molecule has 158 valence electrons. The van der Waals surface area contributed by atoms with E-state index in [4.69, 9.17) is 25.8 Å². The fourth-order valence-electron chi connectivity index (χ4n) is 3.04. The van der Waals surface area contributed by atoms with Crippen LogP contribution in [0, 0.1) is 17.0 Å². The molecule has 1 aliphatic heterocycles. The lowest BCUT2D eigenvalue weighted by Gasteiger charge is -2.11. The summed E-state index contributed by atoms with van der Waals surface area (Å²) in [6.45, 7) is 2.01. The lowest BCUT2D eigenvalue weighted by Crippen LogP contribution is -2.29. The van der Waals surface area contributed by atoms with Crippen LogP contribution in [0.25, 0.3) is 6.08 Å². The summed E-state index contributed by atoms with van der Waals surface area (Å²) in [7, 11) is 0. The van der Waals surface area contributed by atoms with Crippen LogP contribution < -0.4 is 10.1 Å². The molecule has 1 fully saturated rings. The molecule has 4 rings (SSSR count). The number of nitrogens with zero attached hydrogens (tertiary/aromatic N) is 2. The number of furan rings is 2. The molecule has 1 N–H and O–H groups in total. The van der Waals surface area contributed by atoms with Crippen LogP contribution in [0.4, 0.5) is 5.69 Å². The molecule has 9 nitrogen and oxygen atoms in total. The molecule has 31 heavy (non-hydrogen) atoms. The summed E-state index contributed by atoms with van der Waals surface area (Å²) in [5.74, 6) is 1.82. The number of ether oxygens (including phenoxy) is 1. The van der Waals surface area contributed by atoms with Crippen LogP contribution >= 0.6 is 12.2 Å². The molecule has 3 aromatic rings. The van der Waals surface area contributed by atoms with Crippen molar-refractivity contribution in [2.24, 2.45) is 0 Å². The van der Waals surface area contributed by atoms with Crippen molar-refractivity contribution in [1.82, 2.24) is 10.2 Å². The number of amides is 1. The average Bonchev–Trinajstić information content (AvgIpc) is 3.45. The van der Waals surface area contributed by atoms with Gasteiger partial charge in [0.15, 0.2) is 5.11 Å². The van der Waals surface area contributed by atoms with Crippen LogP contribution in [-0.2, 0) is 17.9 Å².